The molecule has 0 unspecified atom stereocenters. The van der Waals surface area contributed by atoms with Gasteiger partial charge in [-0.05, 0) is 30.7 Å². The second-order valence-corrected chi connectivity index (χ2v) is 5.32. The molecule has 1 fully saturated rings. The Morgan fingerprint density at radius 2 is 2.00 bits per heavy atom. The summed E-state index contributed by atoms with van der Waals surface area (Å²) in [7, 11) is 0. The summed E-state index contributed by atoms with van der Waals surface area (Å²) >= 11 is 12.0. The maximum absolute atomic E-state index is 6.07. The highest BCUT2D eigenvalue weighted by atomic mass is 35.5. The van der Waals surface area contributed by atoms with Gasteiger partial charge in [0.05, 0.1) is 10.0 Å². The quantitative estimate of drug-likeness (QED) is 0.570. The number of hydrazine groups is 1. The predicted octanol–water partition coefficient (Wildman–Crippen LogP) is 3.28. The average molecular weight is 275 g/mol. The van der Waals surface area contributed by atoms with Crippen LogP contribution < -0.4 is 16.6 Å². The number of pyridine rings is 1. The Bertz CT molecular complexity index is 418. The van der Waals surface area contributed by atoms with Gasteiger partial charge in [-0.15, -0.1) is 0 Å². The summed E-state index contributed by atoms with van der Waals surface area (Å²) in [6.07, 6.45) is 3.71. The van der Waals surface area contributed by atoms with Gasteiger partial charge in [-0.25, -0.2) is 10.8 Å². The maximum Gasteiger partial charge on any atom is 0.161 e. The third-order valence-corrected chi connectivity index (χ3v) is 3.98. The zero-order valence-electron chi connectivity index (χ0n) is 9.69. The van der Waals surface area contributed by atoms with Crippen LogP contribution in [0.1, 0.15) is 26.2 Å². The zero-order valence-corrected chi connectivity index (χ0v) is 11.2. The van der Waals surface area contributed by atoms with E-state index >= 15 is 0 Å². The minimum Gasteiger partial charge on any atom is -0.368 e. The minimum atomic E-state index is 0.416. The molecule has 6 heteroatoms. The highest BCUT2D eigenvalue weighted by molar-refractivity contribution is 6.37. The normalized spacial score (nSPS) is 16.7. The van der Waals surface area contributed by atoms with Gasteiger partial charge in [0.2, 0.25) is 0 Å². The van der Waals surface area contributed by atoms with Gasteiger partial charge in [-0.1, -0.05) is 30.1 Å². The number of anilines is 2. The molecule has 2 rings (SSSR count). The number of nitrogens with two attached hydrogens (primary N) is 1. The molecule has 0 atom stereocenters. The third-order valence-electron chi connectivity index (χ3n) is 3.40. The van der Waals surface area contributed by atoms with E-state index < -0.39 is 0 Å². The van der Waals surface area contributed by atoms with Crippen molar-refractivity contribution in [1.29, 1.82) is 0 Å². The molecule has 1 aromatic heterocycles. The number of hydrogen-bond acceptors (Lipinski definition) is 4. The molecule has 0 spiro atoms. The van der Waals surface area contributed by atoms with Gasteiger partial charge in [0.1, 0.15) is 5.82 Å². The molecule has 1 saturated carbocycles. The van der Waals surface area contributed by atoms with E-state index in [0.717, 1.165) is 6.54 Å². The van der Waals surface area contributed by atoms with Gasteiger partial charge in [0.25, 0.3) is 0 Å². The second-order valence-electron chi connectivity index (χ2n) is 4.50. The lowest BCUT2D eigenvalue weighted by Crippen LogP contribution is -2.16. The van der Waals surface area contributed by atoms with Crippen molar-refractivity contribution in [3.8, 4) is 0 Å². The van der Waals surface area contributed by atoms with Crippen molar-refractivity contribution >= 4 is 34.8 Å². The number of rotatable bonds is 5. The van der Waals surface area contributed by atoms with E-state index in [2.05, 4.69) is 22.7 Å². The molecule has 0 saturated heterocycles. The number of hydrogen-bond donors (Lipinski definition) is 3. The molecule has 0 aliphatic heterocycles. The van der Waals surface area contributed by atoms with Crippen LogP contribution in [0, 0.1) is 5.41 Å². The van der Waals surface area contributed by atoms with Crippen LogP contribution in [0.3, 0.4) is 0 Å². The summed E-state index contributed by atoms with van der Waals surface area (Å²) in [5.41, 5.74) is 2.88. The molecule has 1 aromatic rings. The van der Waals surface area contributed by atoms with E-state index in [9.17, 15) is 0 Å². The Hall–Kier alpha value is -0.710. The van der Waals surface area contributed by atoms with Crippen LogP contribution in [0.15, 0.2) is 6.07 Å². The van der Waals surface area contributed by atoms with Crippen LogP contribution in [0.4, 0.5) is 11.6 Å². The molecule has 0 bridgehead atoms. The SMILES string of the molecule is CCC1(CNc2nc(NN)c(Cl)cc2Cl)CC1. The highest BCUT2D eigenvalue weighted by Gasteiger charge is 2.40. The first kappa shape index (κ1) is 12.7. The van der Waals surface area contributed by atoms with Crippen molar-refractivity contribution in [2.45, 2.75) is 26.2 Å². The first-order valence-corrected chi connectivity index (χ1v) is 6.42. The van der Waals surface area contributed by atoms with Crippen LogP contribution in [-0.4, -0.2) is 11.5 Å². The molecule has 0 radical (unpaired) electrons. The van der Waals surface area contributed by atoms with Gasteiger partial charge < -0.3 is 10.7 Å². The van der Waals surface area contributed by atoms with Crippen molar-refractivity contribution in [2.24, 2.45) is 11.3 Å². The van der Waals surface area contributed by atoms with Crippen LogP contribution in [0.5, 0.6) is 0 Å². The summed E-state index contributed by atoms with van der Waals surface area (Å²) in [6.45, 7) is 3.10. The summed E-state index contributed by atoms with van der Waals surface area (Å²) < 4.78 is 0. The molecule has 0 amide bonds. The lowest BCUT2D eigenvalue weighted by atomic mass is 10.0. The summed E-state index contributed by atoms with van der Waals surface area (Å²) in [6, 6.07) is 1.64. The van der Waals surface area contributed by atoms with Gasteiger partial charge in [-0.2, -0.15) is 0 Å². The minimum absolute atomic E-state index is 0.416. The Balaban J connectivity index is 2.10. The summed E-state index contributed by atoms with van der Waals surface area (Å²) in [5.74, 6) is 6.38. The predicted molar refractivity (Wildman–Crippen MR) is 72.5 cm³/mol. The average Bonchev–Trinajstić information content (AvgIpc) is 3.09. The van der Waals surface area contributed by atoms with Crippen LogP contribution >= 0.6 is 23.2 Å². The summed E-state index contributed by atoms with van der Waals surface area (Å²) in [4.78, 5) is 4.24. The lowest BCUT2D eigenvalue weighted by molar-refractivity contribution is 0.521. The Morgan fingerprint density at radius 3 is 2.53 bits per heavy atom. The van der Waals surface area contributed by atoms with E-state index in [-0.39, 0.29) is 0 Å². The standard InChI is InChI=1S/C11H16Cl2N4/c1-2-11(3-4-11)6-15-9-7(12)5-8(13)10(16-9)17-14/h5H,2-4,6,14H2,1H3,(H2,15,16,17). The van der Waals surface area contributed by atoms with E-state index in [4.69, 9.17) is 29.0 Å². The first-order chi connectivity index (χ1) is 8.10. The van der Waals surface area contributed by atoms with E-state index in [0.29, 0.717) is 27.1 Å². The van der Waals surface area contributed by atoms with Crippen molar-refractivity contribution in [1.82, 2.24) is 4.98 Å². The summed E-state index contributed by atoms with van der Waals surface area (Å²) in [5, 5.41) is 4.20. The van der Waals surface area contributed by atoms with Gasteiger partial charge in [0, 0.05) is 6.54 Å². The molecule has 4 nitrogen and oxygen atoms in total. The van der Waals surface area contributed by atoms with Crippen molar-refractivity contribution in [2.75, 3.05) is 17.3 Å². The molecule has 94 valence electrons. The topological polar surface area (TPSA) is 63.0 Å². The Morgan fingerprint density at radius 1 is 1.35 bits per heavy atom. The van der Waals surface area contributed by atoms with Gasteiger partial charge >= 0.3 is 0 Å². The zero-order chi connectivity index (χ0) is 12.5. The largest absolute Gasteiger partial charge is 0.368 e. The lowest BCUT2D eigenvalue weighted by Gasteiger charge is -2.15. The van der Waals surface area contributed by atoms with Crippen molar-refractivity contribution in [3.63, 3.8) is 0 Å². The molecule has 4 N–H and O–H groups in total. The first-order valence-electron chi connectivity index (χ1n) is 5.67. The van der Waals surface area contributed by atoms with E-state index in [1.807, 2.05) is 0 Å². The smallest absolute Gasteiger partial charge is 0.161 e. The van der Waals surface area contributed by atoms with E-state index in [1.54, 1.807) is 6.07 Å². The maximum atomic E-state index is 6.07. The fourth-order valence-corrected chi connectivity index (χ4v) is 2.28. The van der Waals surface area contributed by atoms with Crippen molar-refractivity contribution in [3.05, 3.63) is 16.1 Å². The highest BCUT2D eigenvalue weighted by Crippen LogP contribution is 2.48. The number of nitrogens with one attached hydrogen (secondary N) is 2. The van der Waals surface area contributed by atoms with Crippen LogP contribution in [0.25, 0.3) is 0 Å². The van der Waals surface area contributed by atoms with Crippen LogP contribution in [0.2, 0.25) is 10.0 Å². The molecule has 17 heavy (non-hydrogen) atoms. The number of nitrogens with zero attached hydrogens (tertiary/aromatic N) is 1. The molecule has 1 aliphatic carbocycles. The van der Waals surface area contributed by atoms with Gasteiger partial charge in [-0.3, -0.25) is 0 Å². The molecule has 0 aromatic carbocycles. The monoisotopic (exact) mass is 274 g/mol. The molecule has 1 aliphatic rings. The van der Waals surface area contributed by atoms with E-state index in [1.165, 1.54) is 19.3 Å². The Kier molecular flexibility index (Phi) is 3.66. The molecular weight excluding hydrogens is 259 g/mol. The number of nitrogen functional groups attached to an aromatic ring is 1. The van der Waals surface area contributed by atoms with Crippen LogP contribution in [-0.2, 0) is 0 Å². The van der Waals surface area contributed by atoms with Gasteiger partial charge in [0.15, 0.2) is 5.82 Å². The fourth-order valence-electron chi connectivity index (χ4n) is 1.80. The molecule has 1 heterocycles. The third kappa shape index (κ3) is 2.76. The number of halogens is 2. The molecular formula is C11H16Cl2N4. The Labute approximate surface area is 111 Å². The van der Waals surface area contributed by atoms with Crippen molar-refractivity contribution < 1.29 is 0 Å². The number of aromatic nitrogens is 1. The second kappa shape index (κ2) is 4.88. The fraction of sp³-hybridized carbons (Fsp3) is 0.545.